The highest BCUT2D eigenvalue weighted by Gasteiger charge is 2.26. The van der Waals surface area contributed by atoms with Gasteiger partial charge >= 0.3 is 0 Å². The molecule has 0 atom stereocenters. The number of hydrogen-bond donors (Lipinski definition) is 0. The van der Waals surface area contributed by atoms with Gasteiger partial charge < -0.3 is 19.3 Å². The van der Waals surface area contributed by atoms with Gasteiger partial charge in [0.25, 0.3) is 11.8 Å². The number of ether oxygens (including phenoxy) is 2. The molecule has 2 aromatic heterocycles. The lowest BCUT2D eigenvalue weighted by molar-refractivity contribution is 0.0304. The Bertz CT molecular complexity index is 1160. The summed E-state index contributed by atoms with van der Waals surface area (Å²) in [4.78, 5) is 29.7. The van der Waals surface area contributed by atoms with Crippen LogP contribution < -0.4 is 4.74 Å². The molecule has 0 bridgehead atoms. The van der Waals surface area contributed by atoms with Crippen molar-refractivity contribution in [3.05, 3.63) is 65.5 Å². The molecule has 0 spiro atoms. The summed E-state index contributed by atoms with van der Waals surface area (Å²) < 4.78 is 12.6. The number of likely N-dealkylation sites (tertiary alicyclic amines) is 1. The second-order valence-corrected chi connectivity index (χ2v) is 8.78. The molecule has 34 heavy (non-hydrogen) atoms. The average Bonchev–Trinajstić information content (AvgIpc) is 3.32. The van der Waals surface area contributed by atoms with Crippen molar-refractivity contribution in [2.75, 3.05) is 46.0 Å². The van der Waals surface area contributed by atoms with Gasteiger partial charge in [-0.05, 0) is 67.6 Å². The predicted molar refractivity (Wildman–Crippen MR) is 127 cm³/mol. The van der Waals surface area contributed by atoms with Gasteiger partial charge in [-0.25, -0.2) is 4.52 Å². The molecule has 0 unspecified atom stereocenters. The van der Waals surface area contributed by atoms with Crippen LogP contribution in [0.2, 0.25) is 0 Å². The first-order valence-electron chi connectivity index (χ1n) is 12.0. The number of aromatic nitrogens is 2. The second-order valence-electron chi connectivity index (χ2n) is 8.78. The molecule has 0 radical (unpaired) electrons. The number of rotatable bonds is 5. The van der Waals surface area contributed by atoms with E-state index in [0.29, 0.717) is 63.0 Å². The quantitative estimate of drug-likeness (QED) is 0.582. The Morgan fingerprint density at radius 3 is 2.41 bits per heavy atom. The third kappa shape index (κ3) is 4.50. The zero-order valence-electron chi connectivity index (χ0n) is 19.5. The molecule has 2 fully saturated rings. The molecule has 0 aliphatic carbocycles. The van der Waals surface area contributed by atoms with Gasteiger partial charge in [0.05, 0.1) is 37.1 Å². The Kier molecular flexibility index (Phi) is 6.49. The zero-order valence-corrected chi connectivity index (χ0v) is 19.5. The van der Waals surface area contributed by atoms with Crippen LogP contribution in [0.3, 0.4) is 0 Å². The first kappa shape index (κ1) is 22.4. The topological polar surface area (TPSA) is 76.4 Å². The van der Waals surface area contributed by atoms with Gasteiger partial charge in [-0.15, -0.1) is 0 Å². The molecule has 8 heteroatoms. The van der Waals surface area contributed by atoms with E-state index in [1.807, 2.05) is 47.2 Å². The molecule has 2 amide bonds. The lowest BCUT2D eigenvalue weighted by Crippen LogP contribution is -2.40. The number of carbonyl (C=O) groups is 2. The molecular weight excluding hydrogens is 432 g/mol. The summed E-state index contributed by atoms with van der Waals surface area (Å²) in [6.07, 6.45) is 5.37. The van der Waals surface area contributed by atoms with Crippen LogP contribution >= 0.6 is 0 Å². The summed E-state index contributed by atoms with van der Waals surface area (Å²) in [5, 5.41) is 4.38. The fourth-order valence-corrected chi connectivity index (χ4v) is 4.81. The number of nitrogens with zero attached hydrogens (tertiary/aromatic N) is 4. The Morgan fingerprint density at radius 1 is 1.00 bits per heavy atom. The second kappa shape index (κ2) is 9.85. The van der Waals surface area contributed by atoms with E-state index in [4.69, 9.17) is 9.47 Å². The van der Waals surface area contributed by atoms with E-state index >= 15 is 0 Å². The monoisotopic (exact) mass is 462 g/mol. The average molecular weight is 463 g/mol. The lowest BCUT2D eigenvalue weighted by Gasteiger charge is -2.32. The third-order valence-corrected chi connectivity index (χ3v) is 6.74. The number of pyridine rings is 1. The van der Waals surface area contributed by atoms with E-state index in [1.165, 1.54) is 5.56 Å². The molecule has 2 saturated heterocycles. The van der Waals surface area contributed by atoms with E-state index < -0.39 is 0 Å². The van der Waals surface area contributed by atoms with Crippen molar-refractivity contribution < 1.29 is 19.1 Å². The molecule has 0 saturated carbocycles. The highest BCUT2D eigenvalue weighted by Crippen LogP contribution is 2.30. The fourth-order valence-electron chi connectivity index (χ4n) is 4.81. The molecule has 8 nitrogen and oxygen atoms in total. The number of fused-ring (bicyclic) bond motifs is 1. The Labute approximate surface area is 199 Å². The number of benzene rings is 1. The summed E-state index contributed by atoms with van der Waals surface area (Å²) in [5.41, 5.74) is 3.35. The number of amides is 2. The van der Waals surface area contributed by atoms with Gasteiger partial charge in [0, 0.05) is 37.9 Å². The van der Waals surface area contributed by atoms with E-state index in [0.717, 1.165) is 24.1 Å². The smallest absolute Gasteiger partial charge is 0.257 e. The molecule has 178 valence electrons. The minimum absolute atomic E-state index is 0.00576. The van der Waals surface area contributed by atoms with E-state index in [9.17, 15) is 9.59 Å². The van der Waals surface area contributed by atoms with Gasteiger partial charge in [-0.2, -0.15) is 5.10 Å². The number of piperidine rings is 1. The standard InChI is InChI=1S/C26H30N4O4/c1-2-34-22-5-3-20(4-6-22)25(31)28-10-7-19(8-11-28)21-9-12-30-24(17-21)23(18-27-30)26(32)29-13-15-33-16-14-29/h3-6,9,12,17-19H,2,7-8,10-11,13-16H2,1H3. The maximum Gasteiger partial charge on any atom is 0.257 e. The van der Waals surface area contributed by atoms with Crippen molar-refractivity contribution in [1.82, 2.24) is 19.4 Å². The molecule has 3 aromatic rings. The molecule has 1 aromatic carbocycles. The van der Waals surface area contributed by atoms with Gasteiger partial charge in [0.2, 0.25) is 0 Å². The fraction of sp³-hybridized carbons (Fsp3) is 0.423. The molecule has 2 aliphatic heterocycles. The van der Waals surface area contributed by atoms with Crippen LogP contribution in [-0.2, 0) is 4.74 Å². The molecule has 4 heterocycles. The third-order valence-electron chi connectivity index (χ3n) is 6.74. The number of carbonyl (C=O) groups excluding carboxylic acids is 2. The summed E-state index contributed by atoms with van der Waals surface area (Å²) in [5.74, 6) is 1.19. The Hall–Kier alpha value is -3.39. The van der Waals surface area contributed by atoms with Crippen molar-refractivity contribution in [1.29, 1.82) is 0 Å². The largest absolute Gasteiger partial charge is 0.494 e. The van der Waals surface area contributed by atoms with Crippen LogP contribution in [0, 0.1) is 0 Å². The molecule has 2 aliphatic rings. The number of morpholine rings is 1. The SMILES string of the molecule is CCOc1ccc(C(=O)N2CCC(c3ccn4ncc(C(=O)N5CCOCC5)c4c3)CC2)cc1. The van der Waals surface area contributed by atoms with Crippen LogP contribution in [0.1, 0.15) is 52.0 Å². The highest BCUT2D eigenvalue weighted by molar-refractivity contribution is 6.00. The Balaban J connectivity index is 1.26. The van der Waals surface area contributed by atoms with Crippen molar-refractivity contribution in [2.24, 2.45) is 0 Å². The van der Waals surface area contributed by atoms with Gasteiger partial charge in [-0.1, -0.05) is 0 Å². The predicted octanol–water partition coefficient (Wildman–Crippen LogP) is 3.23. The Morgan fingerprint density at radius 2 is 1.71 bits per heavy atom. The summed E-state index contributed by atoms with van der Waals surface area (Å²) in [7, 11) is 0. The van der Waals surface area contributed by atoms with Crippen LogP contribution in [0.15, 0.2) is 48.8 Å². The zero-order chi connectivity index (χ0) is 23.5. The van der Waals surface area contributed by atoms with Crippen LogP contribution in [0.4, 0.5) is 0 Å². The minimum Gasteiger partial charge on any atom is -0.494 e. The first-order valence-corrected chi connectivity index (χ1v) is 12.0. The van der Waals surface area contributed by atoms with Gasteiger partial charge in [0.15, 0.2) is 0 Å². The van der Waals surface area contributed by atoms with Crippen molar-refractivity contribution >= 4 is 17.3 Å². The normalized spacial score (nSPS) is 17.2. The van der Waals surface area contributed by atoms with Crippen LogP contribution in [0.25, 0.3) is 5.52 Å². The summed E-state index contributed by atoms with van der Waals surface area (Å²) >= 11 is 0. The van der Waals surface area contributed by atoms with Crippen LogP contribution in [0.5, 0.6) is 5.75 Å². The highest BCUT2D eigenvalue weighted by atomic mass is 16.5. The molecule has 0 N–H and O–H groups in total. The van der Waals surface area contributed by atoms with Gasteiger partial charge in [-0.3, -0.25) is 9.59 Å². The van der Waals surface area contributed by atoms with Crippen molar-refractivity contribution in [3.8, 4) is 5.75 Å². The van der Waals surface area contributed by atoms with E-state index in [-0.39, 0.29) is 11.8 Å². The van der Waals surface area contributed by atoms with Crippen LogP contribution in [-0.4, -0.2) is 77.2 Å². The van der Waals surface area contributed by atoms with E-state index in [2.05, 4.69) is 17.2 Å². The lowest BCUT2D eigenvalue weighted by atomic mass is 9.89. The molecule has 5 rings (SSSR count). The van der Waals surface area contributed by atoms with Gasteiger partial charge in [0.1, 0.15) is 5.75 Å². The summed E-state index contributed by atoms with van der Waals surface area (Å²) in [6.45, 7) is 6.33. The van der Waals surface area contributed by atoms with E-state index in [1.54, 1.807) is 10.7 Å². The van der Waals surface area contributed by atoms with Crippen molar-refractivity contribution in [3.63, 3.8) is 0 Å². The maximum absolute atomic E-state index is 13.0. The van der Waals surface area contributed by atoms with Crippen molar-refractivity contribution in [2.45, 2.75) is 25.7 Å². The number of hydrogen-bond acceptors (Lipinski definition) is 5. The first-order chi connectivity index (χ1) is 16.6. The summed E-state index contributed by atoms with van der Waals surface area (Å²) in [6, 6.07) is 11.5. The molecular formula is C26H30N4O4. The minimum atomic E-state index is 0.00576. The maximum atomic E-state index is 13.0.